The Balaban J connectivity index is 1.82. The zero-order valence-electron chi connectivity index (χ0n) is 14.7. The summed E-state index contributed by atoms with van der Waals surface area (Å²) in [6.07, 6.45) is 0. The lowest BCUT2D eigenvalue weighted by molar-refractivity contribution is 0.597. The number of hydrogen-bond donors (Lipinski definition) is 2. The summed E-state index contributed by atoms with van der Waals surface area (Å²) in [5.74, 6) is 1.80. The molecule has 0 saturated heterocycles. The normalized spacial score (nSPS) is 11.8. The minimum atomic E-state index is -3.30. The molecule has 138 valence electrons. The fourth-order valence-corrected chi connectivity index (χ4v) is 4.35. The zero-order chi connectivity index (χ0) is 19.0. The van der Waals surface area contributed by atoms with Crippen molar-refractivity contribution in [1.29, 1.82) is 0 Å². The van der Waals surface area contributed by atoms with Crippen LogP contribution in [-0.4, -0.2) is 34.3 Å². The van der Waals surface area contributed by atoms with E-state index in [0.29, 0.717) is 23.0 Å². The monoisotopic (exact) mass is 399 g/mol. The molecule has 3 heterocycles. The molecule has 2 N–H and O–H groups in total. The minimum absolute atomic E-state index is 0.0478. The van der Waals surface area contributed by atoms with Crippen LogP contribution in [0.3, 0.4) is 0 Å². The quantitative estimate of drug-likeness (QED) is 0.527. The molecular weight excluding hydrogens is 382 g/mol. The van der Waals surface area contributed by atoms with Gasteiger partial charge in [-0.15, -0.1) is 11.3 Å². The van der Waals surface area contributed by atoms with Gasteiger partial charge in [-0.3, -0.25) is 5.10 Å². The molecule has 3 aromatic heterocycles. The molecule has 0 radical (unpaired) electrons. The number of aromatic nitrogens is 4. The van der Waals surface area contributed by atoms with Gasteiger partial charge in [0.05, 0.1) is 21.6 Å². The Hall–Kier alpha value is -2.78. The molecule has 0 unspecified atom stereocenters. The van der Waals surface area contributed by atoms with Crippen molar-refractivity contribution in [3.05, 3.63) is 46.8 Å². The predicted molar refractivity (Wildman–Crippen MR) is 107 cm³/mol. The predicted octanol–water partition coefficient (Wildman–Crippen LogP) is 3.93. The van der Waals surface area contributed by atoms with Gasteiger partial charge in [0, 0.05) is 28.1 Å². The average molecular weight is 400 g/mol. The van der Waals surface area contributed by atoms with Gasteiger partial charge >= 0.3 is 0 Å². The summed E-state index contributed by atoms with van der Waals surface area (Å²) in [7, 11) is -3.30. The van der Waals surface area contributed by atoms with Crippen molar-refractivity contribution in [2.45, 2.75) is 18.7 Å². The van der Waals surface area contributed by atoms with Crippen molar-refractivity contribution in [3.63, 3.8) is 0 Å². The fraction of sp³-hybridized carbons (Fsp3) is 0.167. The molecule has 0 atom stereocenters. The molecule has 4 rings (SSSR count). The second kappa shape index (κ2) is 6.75. The van der Waals surface area contributed by atoms with E-state index in [2.05, 4.69) is 25.5 Å². The Bertz CT molecular complexity index is 1230. The standard InChI is InChI=1S/C18H17N5O2S2/c1-3-27(24,25)13-6-4-5-12(8-13)17-19-15-10-26-9-14(15)18(21-17)20-16-7-11(2)22-23-16/h4-10H,3H2,1-2H3,(H2,19,20,21,22,23). The van der Waals surface area contributed by atoms with E-state index in [-0.39, 0.29) is 10.6 Å². The third kappa shape index (κ3) is 3.43. The molecule has 0 aliphatic rings. The summed E-state index contributed by atoms with van der Waals surface area (Å²) in [5.41, 5.74) is 2.38. The number of thiophene rings is 1. The number of sulfone groups is 1. The number of hydrogen-bond acceptors (Lipinski definition) is 7. The molecule has 9 heteroatoms. The maximum atomic E-state index is 12.2. The summed E-state index contributed by atoms with van der Waals surface area (Å²) >= 11 is 1.53. The average Bonchev–Trinajstić information content (AvgIpc) is 3.30. The first-order valence-electron chi connectivity index (χ1n) is 8.32. The second-order valence-corrected chi connectivity index (χ2v) is 9.08. The van der Waals surface area contributed by atoms with E-state index < -0.39 is 9.84 Å². The number of rotatable bonds is 5. The maximum Gasteiger partial charge on any atom is 0.178 e. The lowest BCUT2D eigenvalue weighted by atomic mass is 10.2. The molecule has 0 spiro atoms. The van der Waals surface area contributed by atoms with Crippen LogP contribution >= 0.6 is 11.3 Å². The first kappa shape index (κ1) is 17.6. The Morgan fingerprint density at radius 3 is 2.78 bits per heavy atom. The lowest BCUT2D eigenvalue weighted by Gasteiger charge is -2.08. The van der Waals surface area contributed by atoms with Crippen molar-refractivity contribution in [2.24, 2.45) is 0 Å². The van der Waals surface area contributed by atoms with Gasteiger partial charge in [0.1, 0.15) is 5.82 Å². The third-order valence-corrected chi connectivity index (χ3v) is 6.59. The number of H-pyrrole nitrogens is 1. The zero-order valence-corrected chi connectivity index (χ0v) is 16.4. The van der Waals surface area contributed by atoms with Gasteiger partial charge in [-0.05, 0) is 19.1 Å². The Morgan fingerprint density at radius 1 is 1.19 bits per heavy atom. The Morgan fingerprint density at radius 2 is 2.04 bits per heavy atom. The largest absolute Gasteiger partial charge is 0.323 e. The number of fused-ring (bicyclic) bond motifs is 1. The highest BCUT2D eigenvalue weighted by Crippen LogP contribution is 2.30. The Kier molecular flexibility index (Phi) is 4.40. The van der Waals surface area contributed by atoms with Crippen molar-refractivity contribution >= 4 is 43.7 Å². The van der Waals surface area contributed by atoms with Crippen LogP contribution in [0.1, 0.15) is 12.6 Å². The highest BCUT2D eigenvalue weighted by Gasteiger charge is 2.15. The lowest BCUT2D eigenvalue weighted by Crippen LogP contribution is -2.04. The summed E-state index contributed by atoms with van der Waals surface area (Å²) in [4.78, 5) is 9.50. The van der Waals surface area contributed by atoms with Gasteiger partial charge in [-0.1, -0.05) is 19.1 Å². The van der Waals surface area contributed by atoms with E-state index in [1.165, 1.54) is 11.3 Å². The van der Waals surface area contributed by atoms with Gasteiger partial charge in [-0.25, -0.2) is 18.4 Å². The van der Waals surface area contributed by atoms with Crippen LogP contribution in [0.4, 0.5) is 11.6 Å². The minimum Gasteiger partial charge on any atom is -0.323 e. The first-order valence-corrected chi connectivity index (χ1v) is 10.9. The summed E-state index contributed by atoms with van der Waals surface area (Å²) in [6, 6.07) is 8.62. The van der Waals surface area contributed by atoms with Crippen LogP contribution in [0.2, 0.25) is 0 Å². The van der Waals surface area contributed by atoms with Gasteiger partial charge in [-0.2, -0.15) is 5.10 Å². The van der Waals surface area contributed by atoms with Crippen molar-refractivity contribution in [2.75, 3.05) is 11.1 Å². The smallest absolute Gasteiger partial charge is 0.178 e. The third-order valence-electron chi connectivity index (χ3n) is 4.12. The van der Waals surface area contributed by atoms with E-state index in [1.54, 1.807) is 25.1 Å². The van der Waals surface area contributed by atoms with Crippen LogP contribution in [-0.2, 0) is 9.84 Å². The molecular formula is C18H17N5O2S2. The molecule has 1 aromatic carbocycles. The number of benzene rings is 1. The summed E-state index contributed by atoms with van der Waals surface area (Å²) < 4.78 is 24.4. The topological polar surface area (TPSA) is 101 Å². The first-order chi connectivity index (χ1) is 13.0. The highest BCUT2D eigenvalue weighted by molar-refractivity contribution is 7.91. The molecule has 0 fully saturated rings. The van der Waals surface area contributed by atoms with Crippen LogP contribution in [0, 0.1) is 6.92 Å². The Labute approximate surface area is 160 Å². The van der Waals surface area contributed by atoms with E-state index in [1.807, 2.05) is 29.8 Å². The van der Waals surface area contributed by atoms with Crippen LogP contribution in [0.5, 0.6) is 0 Å². The van der Waals surface area contributed by atoms with Crippen LogP contribution < -0.4 is 5.32 Å². The molecule has 0 aliphatic carbocycles. The molecule has 0 aliphatic heterocycles. The van der Waals surface area contributed by atoms with Crippen molar-refractivity contribution < 1.29 is 8.42 Å². The van der Waals surface area contributed by atoms with E-state index in [0.717, 1.165) is 16.6 Å². The fourth-order valence-electron chi connectivity index (χ4n) is 2.68. The van der Waals surface area contributed by atoms with Gasteiger partial charge < -0.3 is 5.32 Å². The molecule has 4 aromatic rings. The molecule has 0 amide bonds. The molecule has 0 bridgehead atoms. The van der Waals surface area contributed by atoms with Gasteiger partial charge in [0.25, 0.3) is 0 Å². The van der Waals surface area contributed by atoms with Crippen LogP contribution in [0.15, 0.2) is 46.0 Å². The molecule has 27 heavy (non-hydrogen) atoms. The number of aromatic amines is 1. The maximum absolute atomic E-state index is 12.2. The number of nitrogens with one attached hydrogen (secondary N) is 2. The van der Waals surface area contributed by atoms with Crippen molar-refractivity contribution in [3.8, 4) is 11.4 Å². The number of nitrogens with zero attached hydrogens (tertiary/aromatic N) is 3. The number of anilines is 2. The van der Waals surface area contributed by atoms with Crippen LogP contribution in [0.25, 0.3) is 22.3 Å². The SMILES string of the molecule is CCS(=O)(=O)c1cccc(-c2nc(Nc3cc(C)[nH]n3)c3cscc3n2)c1. The van der Waals surface area contributed by atoms with E-state index in [9.17, 15) is 8.42 Å². The van der Waals surface area contributed by atoms with E-state index >= 15 is 0 Å². The van der Waals surface area contributed by atoms with Gasteiger partial charge in [0.15, 0.2) is 21.5 Å². The number of aryl methyl sites for hydroxylation is 1. The summed E-state index contributed by atoms with van der Waals surface area (Å²) in [5, 5.41) is 15.1. The summed E-state index contributed by atoms with van der Waals surface area (Å²) in [6.45, 7) is 3.55. The van der Waals surface area contributed by atoms with Gasteiger partial charge in [0.2, 0.25) is 0 Å². The van der Waals surface area contributed by atoms with E-state index in [4.69, 9.17) is 0 Å². The highest BCUT2D eigenvalue weighted by atomic mass is 32.2. The second-order valence-electron chi connectivity index (χ2n) is 6.06. The molecule has 0 saturated carbocycles. The van der Waals surface area contributed by atoms with Crippen molar-refractivity contribution in [1.82, 2.24) is 20.2 Å². The molecule has 7 nitrogen and oxygen atoms in total.